The number of hydrogen-bond donors (Lipinski definition) is 2. The molecule has 4 heteroatoms. The van der Waals surface area contributed by atoms with Gasteiger partial charge in [-0.05, 0) is 13.0 Å². The molecule has 0 amide bonds. The predicted octanol–water partition coefficient (Wildman–Crippen LogP) is -0.210. The van der Waals surface area contributed by atoms with E-state index in [1.807, 2.05) is 0 Å². The average Bonchev–Trinajstić information content (AvgIpc) is 1.88. The zero-order valence-corrected chi connectivity index (χ0v) is 5.66. The first-order valence-electron chi connectivity index (χ1n) is 3.01. The van der Waals surface area contributed by atoms with Gasteiger partial charge in [-0.25, -0.2) is 9.78 Å². The predicted molar refractivity (Wildman–Crippen MR) is 37.5 cm³/mol. The van der Waals surface area contributed by atoms with E-state index >= 15 is 0 Å². The van der Waals surface area contributed by atoms with Gasteiger partial charge in [0.05, 0.1) is 0 Å². The Bertz CT molecular complexity index is 266. The fourth-order valence-electron chi connectivity index (χ4n) is 0.648. The molecule has 10 heavy (non-hydrogen) atoms. The molecule has 54 valence electrons. The van der Waals surface area contributed by atoms with Crippen LogP contribution < -0.4 is 11.4 Å². The number of nitrogens with one attached hydrogen (secondary N) is 1. The maximum Gasteiger partial charge on any atom is 0.345 e. The summed E-state index contributed by atoms with van der Waals surface area (Å²) < 4.78 is 0. The van der Waals surface area contributed by atoms with Gasteiger partial charge in [0, 0.05) is 17.9 Å². The van der Waals surface area contributed by atoms with Gasteiger partial charge < -0.3 is 10.7 Å². The summed E-state index contributed by atoms with van der Waals surface area (Å²) in [6, 6.07) is 1.54. The van der Waals surface area contributed by atoms with Crippen LogP contribution in [0.1, 0.15) is 18.7 Å². The number of rotatable bonds is 1. The molecule has 0 aromatic carbocycles. The summed E-state index contributed by atoms with van der Waals surface area (Å²) in [7, 11) is 0. The van der Waals surface area contributed by atoms with E-state index in [9.17, 15) is 4.79 Å². The van der Waals surface area contributed by atoms with Crippen molar-refractivity contribution < 1.29 is 0 Å². The fourth-order valence-corrected chi connectivity index (χ4v) is 0.648. The van der Waals surface area contributed by atoms with E-state index < -0.39 is 0 Å². The molecular formula is C6H9N3O. The number of aromatic nitrogens is 2. The molecule has 0 saturated heterocycles. The van der Waals surface area contributed by atoms with Gasteiger partial charge in [-0.15, -0.1) is 0 Å². The van der Waals surface area contributed by atoms with Crippen LogP contribution in [-0.2, 0) is 0 Å². The van der Waals surface area contributed by atoms with Crippen molar-refractivity contribution in [3.63, 3.8) is 0 Å². The van der Waals surface area contributed by atoms with Crippen molar-refractivity contribution in [3.8, 4) is 0 Å². The Morgan fingerprint density at radius 1 is 1.80 bits per heavy atom. The van der Waals surface area contributed by atoms with Crippen molar-refractivity contribution in [2.45, 2.75) is 13.0 Å². The van der Waals surface area contributed by atoms with Crippen LogP contribution in [0.3, 0.4) is 0 Å². The zero-order chi connectivity index (χ0) is 7.56. The third kappa shape index (κ3) is 1.41. The molecule has 0 unspecified atom stereocenters. The van der Waals surface area contributed by atoms with E-state index in [4.69, 9.17) is 5.73 Å². The van der Waals surface area contributed by atoms with Crippen molar-refractivity contribution in [3.05, 3.63) is 28.4 Å². The monoisotopic (exact) mass is 139 g/mol. The third-order valence-electron chi connectivity index (χ3n) is 1.19. The van der Waals surface area contributed by atoms with Crippen molar-refractivity contribution >= 4 is 0 Å². The Labute approximate surface area is 58.1 Å². The highest BCUT2D eigenvalue weighted by Crippen LogP contribution is 1.99. The number of nitrogens with two attached hydrogens (primary N) is 1. The zero-order valence-electron chi connectivity index (χ0n) is 5.66. The molecule has 1 heterocycles. The van der Waals surface area contributed by atoms with Crippen LogP contribution in [0.15, 0.2) is 17.1 Å². The Hall–Kier alpha value is -1.16. The average molecular weight is 139 g/mol. The SMILES string of the molecule is C[C@H](N)c1ccnc(=O)[nH]1. The summed E-state index contributed by atoms with van der Waals surface area (Å²) in [5.41, 5.74) is 5.84. The lowest BCUT2D eigenvalue weighted by Gasteiger charge is -2.01. The quantitative estimate of drug-likeness (QED) is 0.565. The molecule has 0 aliphatic rings. The first-order valence-corrected chi connectivity index (χ1v) is 3.01. The molecule has 3 N–H and O–H groups in total. The van der Waals surface area contributed by atoms with Gasteiger partial charge in [0.1, 0.15) is 0 Å². The van der Waals surface area contributed by atoms with Crippen LogP contribution in [0.4, 0.5) is 0 Å². The second kappa shape index (κ2) is 2.62. The van der Waals surface area contributed by atoms with Crippen molar-refractivity contribution in [1.29, 1.82) is 0 Å². The minimum absolute atomic E-state index is 0.143. The van der Waals surface area contributed by atoms with E-state index in [1.54, 1.807) is 13.0 Å². The number of nitrogens with zero attached hydrogens (tertiary/aromatic N) is 1. The lowest BCUT2D eigenvalue weighted by atomic mass is 10.2. The van der Waals surface area contributed by atoms with Gasteiger partial charge >= 0.3 is 5.69 Å². The van der Waals surface area contributed by atoms with Crippen LogP contribution in [0, 0.1) is 0 Å². The van der Waals surface area contributed by atoms with Gasteiger partial charge in [0.25, 0.3) is 0 Å². The normalized spacial score (nSPS) is 13.0. The van der Waals surface area contributed by atoms with Crippen molar-refractivity contribution in [2.75, 3.05) is 0 Å². The molecule has 0 aliphatic heterocycles. The summed E-state index contributed by atoms with van der Waals surface area (Å²) in [6.07, 6.45) is 1.44. The Kier molecular flexibility index (Phi) is 1.82. The number of H-pyrrole nitrogens is 1. The third-order valence-corrected chi connectivity index (χ3v) is 1.19. The molecule has 0 fully saturated rings. The van der Waals surface area contributed by atoms with Crippen molar-refractivity contribution in [1.82, 2.24) is 9.97 Å². The summed E-state index contributed by atoms with van der Waals surface area (Å²) in [4.78, 5) is 16.5. The fraction of sp³-hybridized carbons (Fsp3) is 0.333. The van der Waals surface area contributed by atoms with Crippen LogP contribution in [0.2, 0.25) is 0 Å². The lowest BCUT2D eigenvalue weighted by molar-refractivity contribution is 0.765. The second-order valence-corrected chi connectivity index (χ2v) is 2.12. The highest BCUT2D eigenvalue weighted by Gasteiger charge is 1.97. The number of hydrogen-bond acceptors (Lipinski definition) is 3. The molecule has 0 saturated carbocycles. The standard InChI is InChI=1S/C6H9N3O/c1-4(7)5-2-3-8-6(10)9-5/h2-4H,7H2,1H3,(H,8,9,10)/t4-/m0/s1. The summed E-state index contributed by atoms with van der Waals surface area (Å²) >= 11 is 0. The molecular weight excluding hydrogens is 130 g/mol. The largest absolute Gasteiger partial charge is 0.345 e. The van der Waals surface area contributed by atoms with E-state index in [1.165, 1.54) is 6.20 Å². The summed E-state index contributed by atoms with van der Waals surface area (Å²) in [6.45, 7) is 1.80. The summed E-state index contributed by atoms with van der Waals surface area (Å²) in [5.74, 6) is 0. The maximum absolute atomic E-state index is 10.6. The molecule has 0 radical (unpaired) electrons. The van der Waals surface area contributed by atoms with Crippen LogP contribution in [0.5, 0.6) is 0 Å². The molecule has 1 aromatic rings. The molecule has 1 rings (SSSR count). The highest BCUT2D eigenvalue weighted by molar-refractivity contribution is 5.01. The van der Waals surface area contributed by atoms with Crippen LogP contribution >= 0.6 is 0 Å². The van der Waals surface area contributed by atoms with Gasteiger partial charge in [-0.1, -0.05) is 0 Å². The lowest BCUT2D eigenvalue weighted by Crippen LogP contribution is -2.16. The first-order chi connectivity index (χ1) is 4.70. The van der Waals surface area contributed by atoms with E-state index in [-0.39, 0.29) is 11.7 Å². The van der Waals surface area contributed by atoms with Gasteiger partial charge in [0.15, 0.2) is 0 Å². The molecule has 1 atom stereocenters. The summed E-state index contributed by atoms with van der Waals surface area (Å²) in [5, 5.41) is 0. The Morgan fingerprint density at radius 2 is 2.50 bits per heavy atom. The van der Waals surface area contributed by atoms with Crippen LogP contribution in [-0.4, -0.2) is 9.97 Å². The van der Waals surface area contributed by atoms with E-state index in [0.717, 1.165) is 0 Å². The molecule has 0 aliphatic carbocycles. The van der Waals surface area contributed by atoms with Crippen LogP contribution in [0.25, 0.3) is 0 Å². The van der Waals surface area contributed by atoms with Crippen molar-refractivity contribution in [2.24, 2.45) is 5.73 Å². The maximum atomic E-state index is 10.6. The molecule has 0 spiro atoms. The molecule has 0 bridgehead atoms. The number of aromatic amines is 1. The van der Waals surface area contributed by atoms with Gasteiger partial charge in [-0.2, -0.15) is 0 Å². The molecule has 4 nitrogen and oxygen atoms in total. The van der Waals surface area contributed by atoms with Gasteiger partial charge in [-0.3, -0.25) is 0 Å². The minimum atomic E-state index is -0.352. The first kappa shape index (κ1) is 6.95. The van der Waals surface area contributed by atoms with Gasteiger partial charge in [0.2, 0.25) is 0 Å². The molecule has 1 aromatic heterocycles. The highest BCUT2D eigenvalue weighted by atomic mass is 16.1. The second-order valence-electron chi connectivity index (χ2n) is 2.12. The van der Waals surface area contributed by atoms with E-state index in [0.29, 0.717) is 5.69 Å². The van der Waals surface area contributed by atoms with E-state index in [2.05, 4.69) is 9.97 Å². The Morgan fingerprint density at radius 3 is 2.90 bits per heavy atom. The smallest absolute Gasteiger partial charge is 0.323 e. The Balaban J connectivity index is 3.07. The topological polar surface area (TPSA) is 71.8 Å². The minimum Gasteiger partial charge on any atom is -0.323 e.